The van der Waals surface area contributed by atoms with Crippen molar-refractivity contribution in [2.24, 2.45) is 0 Å². The molecule has 1 N–H and O–H groups in total. The maximum absolute atomic E-state index is 12.7. The fraction of sp³-hybridized carbons (Fsp3) is 0.300. The maximum atomic E-state index is 12.7. The molecule has 130 valence electrons. The van der Waals surface area contributed by atoms with Gasteiger partial charge in [-0.3, -0.25) is 4.79 Å². The van der Waals surface area contributed by atoms with Crippen LogP contribution in [0.3, 0.4) is 0 Å². The van der Waals surface area contributed by atoms with E-state index >= 15 is 0 Å². The fourth-order valence-corrected chi connectivity index (χ4v) is 3.60. The van der Waals surface area contributed by atoms with E-state index in [1.54, 1.807) is 24.3 Å². The number of halogens is 1. The van der Waals surface area contributed by atoms with Gasteiger partial charge in [-0.25, -0.2) is 4.79 Å². The number of nitrogens with zero attached hydrogens (tertiary/aromatic N) is 1. The molecule has 0 radical (unpaired) electrons. The molecule has 2 aromatic carbocycles. The second-order valence-corrected chi connectivity index (χ2v) is 6.68. The van der Waals surface area contributed by atoms with E-state index in [9.17, 15) is 9.59 Å². The predicted molar refractivity (Wildman–Crippen MR) is 96.9 cm³/mol. The average Bonchev–Trinajstić information content (AvgIpc) is 3.10. The highest BCUT2D eigenvalue weighted by atomic mass is 35.5. The fourth-order valence-electron chi connectivity index (χ4n) is 3.34. The molecule has 3 rings (SSSR count). The third-order valence-electron chi connectivity index (χ3n) is 4.67. The zero-order chi connectivity index (χ0) is 17.8. The van der Waals surface area contributed by atoms with E-state index in [1.807, 2.05) is 29.2 Å². The quantitative estimate of drug-likeness (QED) is 0.866. The van der Waals surface area contributed by atoms with Gasteiger partial charge in [-0.15, -0.1) is 0 Å². The van der Waals surface area contributed by atoms with Crippen LogP contribution in [0.25, 0.3) is 0 Å². The van der Waals surface area contributed by atoms with Crippen LogP contribution in [-0.2, 0) is 11.2 Å². The minimum atomic E-state index is -0.942. The van der Waals surface area contributed by atoms with Crippen LogP contribution in [0, 0.1) is 0 Å². The highest BCUT2D eigenvalue weighted by molar-refractivity contribution is 6.31. The van der Waals surface area contributed by atoms with Crippen LogP contribution >= 0.6 is 11.6 Å². The van der Waals surface area contributed by atoms with Crippen molar-refractivity contribution in [3.8, 4) is 0 Å². The molecule has 25 heavy (non-hydrogen) atoms. The van der Waals surface area contributed by atoms with Crippen molar-refractivity contribution in [2.45, 2.75) is 31.7 Å². The SMILES string of the molecule is O=C(O)c1ccc(CCC(=O)N2CCCC2c2ccccc2Cl)cc1. The number of benzene rings is 2. The Labute approximate surface area is 152 Å². The van der Waals surface area contributed by atoms with Gasteiger partial charge >= 0.3 is 5.97 Å². The van der Waals surface area contributed by atoms with E-state index < -0.39 is 5.97 Å². The molecule has 1 atom stereocenters. The van der Waals surface area contributed by atoms with Crippen molar-refractivity contribution < 1.29 is 14.7 Å². The van der Waals surface area contributed by atoms with E-state index in [0.29, 0.717) is 17.9 Å². The Kier molecular flexibility index (Phi) is 5.39. The first kappa shape index (κ1) is 17.5. The number of aromatic carboxylic acids is 1. The van der Waals surface area contributed by atoms with E-state index in [1.165, 1.54) is 0 Å². The number of carboxylic acid groups (broad SMARTS) is 1. The van der Waals surface area contributed by atoms with Crippen molar-refractivity contribution in [3.05, 3.63) is 70.2 Å². The summed E-state index contributed by atoms with van der Waals surface area (Å²) in [5, 5.41) is 9.63. The van der Waals surface area contributed by atoms with Gasteiger partial charge in [0.25, 0.3) is 0 Å². The number of aryl methyl sites for hydroxylation is 1. The molecule has 1 aliphatic rings. The van der Waals surface area contributed by atoms with Crippen molar-refractivity contribution in [3.63, 3.8) is 0 Å². The minimum absolute atomic E-state index is 0.0515. The molecule has 0 bridgehead atoms. The summed E-state index contributed by atoms with van der Waals surface area (Å²) in [6.07, 6.45) is 2.93. The smallest absolute Gasteiger partial charge is 0.335 e. The molecular formula is C20H20ClNO3. The largest absolute Gasteiger partial charge is 0.478 e. The van der Waals surface area contributed by atoms with Gasteiger partial charge in [0, 0.05) is 18.0 Å². The first-order chi connectivity index (χ1) is 12.1. The first-order valence-electron chi connectivity index (χ1n) is 8.42. The number of hydrogen-bond acceptors (Lipinski definition) is 2. The number of hydrogen-bond donors (Lipinski definition) is 1. The zero-order valence-corrected chi connectivity index (χ0v) is 14.6. The molecule has 1 aliphatic heterocycles. The van der Waals surface area contributed by atoms with Gasteiger partial charge in [-0.05, 0) is 48.6 Å². The normalized spacial score (nSPS) is 16.8. The Morgan fingerprint density at radius 3 is 2.52 bits per heavy atom. The third kappa shape index (κ3) is 4.02. The number of carboxylic acids is 1. The molecule has 1 unspecified atom stereocenters. The molecule has 1 saturated heterocycles. The maximum Gasteiger partial charge on any atom is 0.335 e. The number of rotatable bonds is 5. The molecule has 0 aliphatic carbocycles. The molecule has 0 saturated carbocycles. The minimum Gasteiger partial charge on any atom is -0.478 e. The van der Waals surface area contributed by atoms with Crippen molar-refractivity contribution in [2.75, 3.05) is 6.54 Å². The van der Waals surface area contributed by atoms with Gasteiger partial charge in [0.15, 0.2) is 0 Å². The van der Waals surface area contributed by atoms with Crippen molar-refractivity contribution in [1.82, 2.24) is 4.90 Å². The molecule has 5 heteroatoms. The summed E-state index contributed by atoms with van der Waals surface area (Å²) in [6, 6.07) is 14.4. The molecule has 4 nitrogen and oxygen atoms in total. The second kappa shape index (κ2) is 7.70. The predicted octanol–water partition coefficient (Wildman–Crippen LogP) is 4.33. The molecule has 0 aromatic heterocycles. The summed E-state index contributed by atoms with van der Waals surface area (Å²) in [7, 11) is 0. The summed E-state index contributed by atoms with van der Waals surface area (Å²) in [6.45, 7) is 0.757. The van der Waals surface area contributed by atoms with Gasteiger partial charge in [-0.2, -0.15) is 0 Å². The molecular weight excluding hydrogens is 338 g/mol. The lowest BCUT2D eigenvalue weighted by molar-refractivity contribution is -0.132. The van der Waals surface area contributed by atoms with Gasteiger partial charge < -0.3 is 10.0 Å². The van der Waals surface area contributed by atoms with Crippen LogP contribution in [0.15, 0.2) is 48.5 Å². The van der Waals surface area contributed by atoms with E-state index in [4.69, 9.17) is 16.7 Å². The lowest BCUT2D eigenvalue weighted by Gasteiger charge is -2.26. The van der Waals surface area contributed by atoms with Gasteiger partial charge in [0.05, 0.1) is 11.6 Å². The lowest BCUT2D eigenvalue weighted by atomic mass is 10.0. The van der Waals surface area contributed by atoms with Crippen molar-refractivity contribution in [1.29, 1.82) is 0 Å². The molecule has 1 heterocycles. The first-order valence-corrected chi connectivity index (χ1v) is 8.80. The Morgan fingerprint density at radius 1 is 1.12 bits per heavy atom. The van der Waals surface area contributed by atoms with Crippen LogP contribution in [0.5, 0.6) is 0 Å². The van der Waals surface area contributed by atoms with E-state index in [0.717, 1.165) is 30.5 Å². The Balaban J connectivity index is 1.64. The van der Waals surface area contributed by atoms with Crippen LogP contribution in [0.2, 0.25) is 5.02 Å². The summed E-state index contributed by atoms with van der Waals surface area (Å²) < 4.78 is 0. The van der Waals surface area contributed by atoms with Crippen molar-refractivity contribution >= 4 is 23.5 Å². The lowest BCUT2D eigenvalue weighted by Crippen LogP contribution is -2.30. The van der Waals surface area contributed by atoms with E-state index in [-0.39, 0.29) is 17.5 Å². The third-order valence-corrected chi connectivity index (χ3v) is 5.01. The molecule has 1 amide bonds. The average molecular weight is 358 g/mol. The number of amides is 1. The van der Waals surface area contributed by atoms with Crippen LogP contribution < -0.4 is 0 Å². The zero-order valence-electron chi connectivity index (χ0n) is 13.8. The highest BCUT2D eigenvalue weighted by Crippen LogP contribution is 2.36. The van der Waals surface area contributed by atoms with Crippen LogP contribution in [0.4, 0.5) is 0 Å². The highest BCUT2D eigenvalue weighted by Gasteiger charge is 2.30. The topological polar surface area (TPSA) is 57.6 Å². The summed E-state index contributed by atoms with van der Waals surface area (Å²) >= 11 is 6.30. The standard InChI is InChI=1S/C20H20ClNO3/c21-17-5-2-1-4-16(17)18-6-3-13-22(18)19(23)12-9-14-7-10-15(11-8-14)20(24)25/h1-2,4-5,7-8,10-11,18H,3,6,9,12-13H2,(H,24,25). The van der Waals surface area contributed by atoms with Gasteiger partial charge in [-0.1, -0.05) is 41.9 Å². The molecule has 0 spiro atoms. The number of carbonyl (C=O) groups excluding carboxylic acids is 1. The van der Waals surface area contributed by atoms with Gasteiger partial charge in [0.2, 0.25) is 5.91 Å². The Morgan fingerprint density at radius 2 is 1.84 bits per heavy atom. The molecule has 1 fully saturated rings. The van der Waals surface area contributed by atoms with E-state index in [2.05, 4.69) is 0 Å². The number of carbonyl (C=O) groups is 2. The van der Waals surface area contributed by atoms with Crippen LogP contribution in [0.1, 0.15) is 46.8 Å². The Hall–Kier alpha value is -2.33. The summed E-state index contributed by atoms with van der Waals surface area (Å²) in [5.74, 6) is -0.827. The Bertz CT molecular complexity index is 773. The second-order valence-electron chi connectivity index (χ2n) is 6.27. The summed E-state index contributed by atoms with van der Waals surface area (Å²) in [5.41, 5.74) is 2.24. The van der Waals surface area contributed by atoms with Crippen LogP contribution in [-0.4, -0.2) is 28.4 Å². The monoisotopic (exact) mass is 357 g/mol. The summed E-state index contributed by atoms with van der Waals surface area (Å²) in [4.78, 5) is 25.5. The number of likely N-dealkylation sites (tertiary alicyclic amines) is 1. The molecule has 2 aromatic rings. The van der Waals surface area contributed by atoms with Gasteiger partial charge in [0.1, 0.15) is 0 Å².